The molecule has 1 atom stereocenters. The first kappa shape index (κ1) is 15.2. The topological polar surface area (TPSA) is 97.0 Å². The Labute approximate surface area is 135 Å². The van der Waals surface area contributed by atoms with E-state index in [1.165, 1.54) is 0 Å². The molecule has 3 heterocycles. The molecule has 120 valence electrons. The second kappa shape index (κ2) is 6.20. The molecule has 1 aliphatic rings. The molecule has 1 saturated heterocycles. The lowest BCUT2D eigenvalue weighted by Crippen LogP contribution is -2.29. The molecule has 1 fully saturated rings. The van der Waals surface area contributed by atoms with Crippen LogP contribution in [-0.4, -0.2) is 40.0 Å². The van der Waals surface area contributed by atoms with E-state index in [2.05, 4.69) is 25.2 Å². The van der Waals surface area contributed by atoms with E-state index in [1.54, 1.807) is 6.20 Å². The highest BCUT2D eigenvalue weighted by molar-refractivity contribution is 5.89. The van der Waals surface area contributed by atoms with Crippen LogP contribution < -0.4 is 16.0 Å². The predicted octanol–water partition coefficient (Wildman–Crippen LogP) is 1.28. The maximum atomic E-state index is 11.4. The van der Waals surface area contributed by atoms with E-state index in [1.807, 2.05) is 32.0 Å². The molecule has 0 bridgehead atoms. The highest BCUT2D eigenvalue weighted by Gasteiger charge is 2.26. The fourth-order valence-electron chi connectivity index (χ4n) is 2.76. The molecule has 0 aromatic carbocycles. The Morgan fingerprint density at radius 3 is 2.87 bits per heavy atom. The summed E-state index contributed by atoms with van der Waals surface area (Å²) >= 11 is 0. The van der Waals surface area contributed by atoms with Gasteiger partial charge in [0.15, 0.2) is 0 Å². The van der Waals surface area contributed by atoms with Crippen LogP contribution in [0, 0.1) is 13.8 Å². The zero-order valence-electron chi connectivity index (χ0n) is 13.3. The van der Waals surface area contributed by atoms with Gasteiger partial charge in [-0.05, 0) is 32.4 Å². The fourth-order valence-corrected chi connectivity index (χ4v) is 2.76. The smallest absolute Gasteiger partial charge is 0.286 e. The number of hydrogen-bond acceptors (Lipinski definition) is 6. The fraction of sp³-hybridized carbons (Fsp3) is 0.375. The zero-order valence-corrected chi connectivity index (χ0v) is 13.3. The van der Waals surface area contributed by atoms with Gasteiger partial charge in [-0.3, -0.25) is 4.79 Å². The second-order valence-corrected chi connectivity index (χ2v) is 5.74. The lowest BCUT2D eigenvalue weighted by molar-refractivity contribution is 0.0990. The molecule has 1 aliphatic heterocycles. The van der Waals surface area contributed by atoms with Gasteiger partial charge in [-0.1, -0.05) is 6.07 Å². The largest absolute Gasteiger partial charge is 0.365 e. The molecule has 2 aromatic rings. The number of nitrogens with zero attached hydrogens (tertiary/aromatic N) is 4. The van der Waals surface area contributed by atoms with Crippen molar-refractivity contribution in [3.63, 3.8) is 0 Å². The predicted molar refractivity (Wildman–Crippen MR) is 88.5 cm³/mol. The molecule has 7 nitrogen and oxygen atoms in total. The lowest BCUT2D eigenvalue weighted by atomic mass is 10.2. The summed E-state index contributed by atoms with van der Waals surface area (Å²) in [6.45, 7) is 5.49. The molecule has 1 amide bonds. The lowest BCUT2D eigenvalue weighted by Gasteiger charge is -2.21. The molecule has 7 heteroatoms. The van der Waals surface area contributed by atoms with Crippen LogP contribution in [0.5, 0.6) is 0 Å². The first-order valence-electron chi connectivity index (χ1n) is 7.62. The number of amides is 1. The van der Waals surface area contributed by atoms with E-state index in [-0.39, 0.29) is 11.9 Å². The van der Waals surface area contributed by atoms with E-state index in [9.17, 15) is 4.79 Å². The van der Waals surface area contributed by atoms with Crippen molar-refractivity contribution in [2.75, 3.05) is 23.3 Å². The Kier molecular flexibility index (Phi) is 4.10. The van der Waals surface area contributed by atoms with Crippen molar-refractivity contribution < 1.29 is 4.79 Å². The number of nitrogens with two attached hydrogens (primary N) is 1. The average Bonchev–Trinajstić information content (AvgIpc) is 2.99. The van der Waals surface area contributed by atoms with Gasteiger partial charge in [0.05, 0.1) is 0 Å². The highest BCUT2D eigenvalue weighted by Crippen LogP contribution is 2.25. The summed E-state index contributed by atoms with van der Waals surface area (Å²) < 4.78 is 0. The Morgan fingerprint density at radius 1 is 1.35 bits per heavy atom. The first-order chi connectivity index (χ1) is 11.0. The minimum Gasteiger partial charge on any atom is -0.365 e. The summed E-state index contributed by atoms with van der Waals surface area (Å²) in [6, 6.07) is 6.09. The monoisotopic (exact) mass is 312 g/mol. The first-order valence-corrected chi connectivity index (χ1v) is 7.62. The normalized spacial score (nSPS) is 17.3. The van der Waals surface area contributed by atoms with Crippen molar-refractivity contribution >= 4 is 17.5 Å². The number of pyridine rings is 1. The summed E-state index contributed by atoms with van der Waals surface area (Å²) in [7, 11) is 0. The average molecular weight is 312 g/mol. The van der Waals surface area contributed by atoms with Gasteiger partial charge in [-0.15, -0.1) is 0 Å². The number of hydrogen-bond donors (Lipinski definition) is 2. The molecule has 0 unspecified atom stereocenters. The summed E-state index contributed by atoms with van der Waals surface area (Å²) in [5, 5.41) is 3.42. The number of carbonyl (C=O) groups is 1. The minimum atomic E-state index is -0.600. The van der Waals surface area contributed by atoms with Gasteiger partial charge in [-0.25, -0.2) is 15.0 Å². The number of primary amides is 1. The van der Waals surface area contributed by atoms with Crippen LogP contribution in [0.15, 0.2) is 24.4 Å². The Morgan fingerprint density at radius 2 is 2.17 bits per heavy atom. The summed E-state index contributed by atoms with van der Waals surface area (Å²) in [4.78, 5) is 26.4. The summed E-state index contributed by atoms with van der Waals surface area (Å²) in [6.07, 6.45) is 2.75. The van der Waals surface area contributed by atoms with Crippen LogP contribution in [0.1, 0.15) is 28.3 Å². The van der Waals surface area contributed by atoms with E-state index in [0.29, 0.717) is 0 Å². The molecule has 23 heavy (non-hydrogen) atoms. The molecular weight excluding hydrogens is 292 g/mol. The number of anilines is 2. The molecule has 0 radical (unpaired) electrons. The van der Waals surface area contributed by atoms with Crippen molar-refractivity contribution in [1.29, 1.82) is 0 Å². The SMILES string of the molecule is Cc1nc(C(N)=O)nc(N2CC[C@@H](Nc3ccccn3)C2)c1C. The standard InChI is InChI=1S/C16H20N6O/c1-10-11(2)19-15(14(17)23)21-16(10)22-8-6-12(9-22)20-13-5-3-4-7-18-13/h3-5,7,12H,6,8-9H2,1-2H3,(H2,17,23)(H,18,20)/t12-/m1/s1. The molecule has 3 rings (SSSR count). The minimum absolute atomic E-state index is 0.0734. The molecule has 2 aromatic heterocycles. The third-order valence-corrected chi connectivity index (χ3v) is 4.09. The highest BCUT2D eigenvalue weighted by atomic mass is 16.1. The summed E-state index contributed by atoms with van der Waals surface area (Å²) in [5.74, 6) is 1.13. The number of aromatic nitrogens is 3. The van der Waals surface area contributed by atoms with Crippen LogP contribution >= 0.6 is 0 Å². The number of aryl methyl sites for hydroxylation is 1. The van der Waals surface area contributed by atoms with Gasteiger partial charge in [0.2, 0.25) is 5.82 Å². The van der Waals surface area contributed by atoms with Crippen molar-refractivity contribution in [2.45, 2.75) is 26.3 Å². The van der Waals surface area contributed by atoms with Gasteiger partial charge in [0.1, 0.15) is 11.6 Å². The summed E-state index contributed by atoms with van der Waals surface area (Å²) in [5.41, 5.74) is 7.09. The maximum absolute atomic E-state index is 11.4. The Bertz CT molecular complexity index is 718. The van der Waals surface area contributed by atoms with Crippen LogP contribution in [0.4, 0.5) is 11.6 Å². The van der Waals surface area contributed by atoms with Gasteiger partial charge in [-0.2, -0.15) is 0 Å². The molecule has 3 N–H and O–H groups in total. The van der Waals surface area contributed by atoms with E-state index in [0.717, 1.165) is 42.4 Å². The second-order valence-electron chi connectivity index (χ2n) is 5.74. The van der Waals surface area contributed by atoms with Crippen LogP contribution in [0.2, 0.25) is 0 Å². The number of carbonyl (C=O) groups excluding carboxylic acids is 1. The van der Waals surface area contributed by atoms with Crippen molar-refractivity contribution in [2.24, 2.45) is 5.73 Å². The third-order valence-electron chi connectivity index (χ3n) is 4.09. The maximum Gasteiger partial charge on any atom is 0.286 e. The zero-order chi connectivity index (χ0) is 16.4. The number of nitrogens with one attached hydrogen (secondary N) is 1. The van der Waals surface area contributed by atoms with Crippen LogP contribution in [-0.2, 0) is 0 Å². The van der Waals surface area contributed by atoms with Crippen molar-refractivity contribution in [1.82, 2.24) is 15.0 Å². The third kappa shape index (κ3) is 3.23. The van der Waals surface area contributed by atoms with Crippen molar-refractivity contribution in [3.8, 4) is 0 Å². The van der Waals surface area contributed by atoms with E-state index < -0.39 is 5.91 Å². The Balaban J connectivity index is 1.77. The molecule has 0 spiro atoms. The van der Waals surface area contributed by atoms with E-state index in [4.69, 9.17) is 5.73 Å². The number of rotatable bonds is 4. The Hall–Kier alpha value is -2.70. The van der Waals surface area contributed by atoms with Gasteiger partial charge < -0.3 is 16.0 Å². The van der Waals surface area contributed by atoms with Gasteiger partial charge >= 0.3 is 0 Å². The van der Waals surface area contributed by atoms with Gasteiger partial charge in [0.25, 0.3) is 5.91 Å². The van der Waals surface area contributed by atoms with Gasteiger partial charge in [0, 0.05) is 36.6 Å². The van der Waals surface area contributed by atoms with Crippen LogP contribution in [0.3, 0.4) is 0 Å². The quantitative estimate of drug-likeness (QED) is 0.882. The van der Waals surface area contributed by atoms with E-state index >= 15 is 0 Å². The molecule has 0 saturated carbocycles. The van der Waals surface area contributed by atoms with Crippen molar-refractivity contribution in [3.05, 3.63) is 41.5 Å². The molecule has 0 aliphatic carbocycles. The van der Waals surface area contributed by atoms with Crippen LogP contribution in [0.25, 0.3) is 0 Å². The molecular formula is C16H20N6O.